The Morgan fingerprint density at radius 2 is 1.84 bits per heavy atom. The molecular formula is C14H23NO4. The number of rotatable bonds is 1. The van der Waals surface area contributed by atoms with E-state index in [4.69, 9.17) is 9.47 Å². The van der Waals surface area contributed by atoms with Crippen molar-refractivity contribution in [2.45, 2.75) is 39.2 Å². The zero-order valence-electron chi connectivity index (χ0n) is 12.1. The predicted molar refractivity (Wildman–Crippen MR) is 69.5 cm³/mol. The average molecular weight is 269 g/mol. The number of nitrogens with zero attached hydrogens (tertiary/aromatic N) is 1. The molecule has 0 aromatic carbocycles. The molecular weight excluding hydrogens is 246 g/mol. The van der Waals surface area contributed by atoms with Gasteiger partial charge in [0.25, 0.3) is 0 Å². The van der Waals surface area contributed by atoms with Crippen molar-refractivity contribution in [1.29, 1.82) is 0 Å². The number of ether oxygens (including phenoxy) is 2. The van der Waals surface area contributed by atoms with Gasteiger partial charge in [-0.05, 0) is 45.4 Å². The first kappa shape index (κ1) is 14.2. The molecule has 3 atom stereocenters. The number of amides is 1. The fraction of sp³-hybridized carbons (Fsp3) is 0.857. The van der Waals surface area contributed by atoms with Crippen LogP contribution < -0.4 is 0 Å². The molecule has 1 amide bonds. The van der Waals surface area contributed by atoms with Crippen molar-refractivity contribution in [3.63, 3.8) is 0 Å². The Bertz CT molecular complexity index is 374. The monoisotopic (exact) mass is 269 g/mol. The van der Waals surface area contributed by atoms with E-state index < -0.39 is 5.60 Å². The molecule has 5 nitrogen and oxygen atoms in total. The molecule has 108 valence electrons. The summed E-state index contributed by atoms with van der Waals surface area (Å²) in [5, 5.41) is 0. The molecule has 1 aliphatic heterocycles. The van der Waals surface area contributed by atoms with Gasteiger partial charge in [-0.1, -0.05) is 0 Å². The van der Waals surface area contributed by atoms with E-state index in [1.54, 1.807) is 4.90 Å². The average Bonchev–Trinajstić information content (AvgIpc) is 2.61. The molecule has 5 heteroatoms. The highest BCUT2D eigenvalue weighted by molar-refractivity contribution is 5.74. The lowest BCUT2D eigenvalue weighted by Crippen LogP contribution is -2.44. The Labute approximate surface area is 114 Å². The van der Waals surface area contributed by atoms with E-state index in [0.29, 0.717) is 19.0 Å². The molecule has 0 radical (unpaired) electrons. The van der Waals surface area contributed by atoms with Crippen LogP contribution in [-0.2, 0) is 14.3 Å². The van der Waals surface area contributed by atoms with Crippen molar-refractivity contribution in [1.82, 2.24) is 4.90 Å². The van der Waals surface area contributed by atoms with E-state index in [-0.39, 0.29) is 23.9 Å². The van der Waals surface area contributed by atoms with Gasteiger partial charge in [0.1, 0.15) is 5.60 Å². The Morgan fingerprint density at radius 1 is 1.16 bits per heavy atom. The second-order valence-corrected chi connectivity index (χ2v) is 6.61. The highest BCUT2D eigenvalue weighted by atomic mass is 16.6. The smallest absolute Gasteiger partial charge is 0.410 e. The summed E-state index contributed by atoms with van der Waals surface area (Å²) in [6, 6.07) is 0. The fourth-order valence-electron chi connectivity index (χ4n) is 3.18. The van der Waals surface area contributed by atoms with Crippen LogP contribution in [0.4, 0.5) is 4.79 Å². The van der Waals surface area contributed by atoms with Crippen LogP contribution in [0.1, 0.15) is 33.6 Å². The van der Waals surface area contributed by atoms with Crippen LogP contribution >= 0.6 is 0 Å². The van der Waals surface area contributed by atoms with Gasteiger partial charge in [0.2, 0.25) is 0 Å². The summed E-state index contributed by atoms with van der Waals surface area (Å²) in [5.41, 5.74) is -0.477. The summed E-state index contributed by atoms with van der Waals surface area (Å²) in [6.07, 6.45) is 1.57. The maximum atomic E-state index is 12.1. The number of piperidine rings is 1. The van der Waals surface area contributed by atoms with Gasteiger partial charge in [0.05, 0.1) is 13.0 Å². The van der Waals surface area contributed by atoms with Gasteiger partial charge in [-0.3, -0.25) is 4.79 Å². The third-order valence-electron chi connectivity index (χ3n) is 3.88. The van der Waals surface area contributed by atoms with Gasteiger partial charge in [0.15, 0.2) is 0 Å². The standard InChI is InChI=1S/C14H23NO4/c1-14(2,3)19-13(17)15-7-9-5-10(8-15)11(6-9)12(16)18-4/h9-11H,5-8H2,1-4H3/t9-,10-,11+/m0/s1. The second-order valence-electron chi connectivity index (χ2n) is 6.61. The first-order chi connectivity index (χ1) is 8.80. The lowest BCUT2D eigenvalue weighted by molar-refractivity contribution is -0.146. The largest absolute Gasteiger partial charge is 0.469 e. The van der Waals surface area contributed by atoms with Crippen molar-refractivity contribution in [2.24, 2.45) is 17.8 Å². The van der Waals surface area contributed by atoms with Crippen LogP contribution in [0.2, 0.25) is 0 Å². The molecule has 2 aliphatic rings. The SMILES string of the molecule is COC(=O)[C@@H]1C[C@@H]2C[C@H]1CN(C(=O)OC(C)(C)C)C2. The molecule has 0 spiro atoms. The topological polar surface area (TPSA) is 55.8 Å². The summed E-state index contributed by atoms with van der Waals surface area (Å²) in [4.78, 5) is 25.5. The van der Waals surface area contributed by atoms with Crippen LogP contribution in [0.3, 0.4) is 0 Å². The highest BCUT2D eigenvalue weighted by Gasteiger charge is 2.45. The van der Waals surface area contributed by atoms with E-state index in [9.17, 15) is 9.59 Å². The lowest BCUT2D eigenvalue weighted by atomic mass is 9.94. The fourth-order valence-corrected chi connectivity index (χ4v) is 3.18. The number of carbonyl (C=O) groups is 2. The van der Waals surface area contributed by atoms with Crippen LogP contribution in [0, 0.1) is 17.8 Å². The number of hydrogen-bond donors (Lipinski definition) is 0. The summed E-state index contributed by atoms with van der Waals surface area (Å²) in [6.45, 7) is 6.88. The zero-order valence-corrected chi connectivity index (χ0v) is 12.1. The number of fused-ring (bicyclic) bond motifs is 2. The van der Waals surface area contributed by atoms with Crippen molar-refractivity contribution in [3.8, 4) is 0 Å². The van der Waals surface area contributed by atoms with Gasteiger partial charge in [-0.2, -0.15) is 0 Å². The van der Waals surface area contributed by atoms with Crippen molar-refractivity contribution < 1.29 is 19.1 Å². The number of carbonyl (C=O) groups excluding carboxylic acids is 2. The van der Waals surface area contributed by atoms with E-state index in [0.717, 1.165) is 12.8 Å². The Kier molecular flexibility index (Phi) is 3.74. The molecule has 0 unspecified atom stereocenters. The Morgan fingerprint density at radius 3 is 2.42 bits per heavy atom. The van der Waals surface area contributed by atoms with Crippen LogP contribution in [0.15, 0.2) is 0 Å². The van der Waals surface area contributed by atoms with Crippen molar-refractivity contribution in [2.75, 3.05) is 20.2 Å². The maximum absolute atomic E-state index is 12.1. The molecule has 1 aliphatic carbocycles. The van der Waals surface area contributed by atoms with E-state index in [2.05, 4.69) is 0 Å². The molecule has 2 fully saturated rings. The van der Waals surface area contributed by atoms with Crippen LogP contribution in [0.5, 0.6) is 0 Å². The van der Waals surface area contributed by atoms with Crippen LogP contribution in [-0.4, -0.2) is 42.8 Å². The first-order valence-electron chi connectivity index (χ1n) is 6.86. The summed E-state index contributed by atoms with van der Waals surface area (Å²) >= 11 is 0. The van der Waals surface area contributed by atoms with E-state index in [1.165, 1.54) is 7.11 Å². The normalized spacial score (nSPS) is 30.1. The molecule has 0 N–H and O–H groups in total. The Hall–Kier alpha value is -1.26. The quantitative estimate of drug-likeness (QED) is 0.684. The Balaban J connectivity index is 1.98. The number of hydrogen-bond acceptors (Lipinski definition) is 4. The van der Waals surface area contributed by atoms with Gasteiger partial charge in [-0.25, -0.2) is 4.79 Å². The minimum atomic E-state index is -0.477. The van der Waals surface area contributed by atoms with Gasteiger partial charge < -0.3 is 14.4 Å². The molecule has 1 saturated heterocycles. The molecule has 19 heavy (non-hydrogen) atoms. The lowest BCUT2D eigenvalue weighted by Gasteiger charge is -2.33. The summed E-state index contributed by atoms with van der Waals surface area (Å²) in [7, 11) is 1.43. The maximum Gasteiger partial charge on any atom is 0.410 e. The molecule has 2 bridgehead atoms. The number of likely N-dealkylation sites (tertiary alicyclic amines) is 1. The van der Waals surface area contributed by atoms with Crippen LogP contribution in [0.25, 0.3) is 0 Å². The molecule has 0 aromatic rings. The highest BCUT2D eigenvalue weighted by Crippen LogP contribution is 2.41. The van der Waals surface area contributed by atoms with Gasteiger partial charge in [-0.15, -0.1) is 0 Å². The third kappa shape index (κ3) is 3.19. The van der Waals surface area contributed by atoms with Gasteiger partial charge >= 0.3 is 12.1 Å². The van der Waals surface area contributed by atoms with Gasteiger partial charge in [0, 0.05) is 13.1 Å². The molecule has 1 heterocycles. The minimum Gasteiger partial charge on any atom is -0.469 e. The summed E-state index contributed by atoms with van der Waals surface area (Å²) in [5.74, 6) is 0.426. The molecule has 0 aromatic heterocycles. The number of esters is 1. The molecule has 1 saturated carbocycles. The van der Waals surface area contributed by atoms with Crippen molar-refractivity contribution >= 4 is 12.1 Å². The van der Waals surface area contributed by atoms with E-state index >= 15 is 0 Å². The van der Waals surface area contributed by atoms with E-state index in [1.807, 2.05) is 20.8 Å². The van der Waals surface area contributed by atoms with Crippen molar-refractivity contribution in [3.05, 3.63) is 0 Å². The number of methoxy groups -OCH3 is 1. The predicted octanol–water partition coefficient (Wildman–Crippen LogP) is 2.05. The second kappa shape index (κ2) is 5.02. The summed E-state index contributed by atoms with van der Waals surface area (Å²) < 4.78 is 10.2. The first-order valence-corrected chi connectivity index (χ1v) is 6.86. The third-order valence-corrected chi connectivity index (χ3v) is 3.88. The minimum absolute atomic E-state index is 0.0533. The molecule has 2 rings (SSSR count). The zero-order chi connectivity index (χ0) is 14.2.